The third kappa shape index (κ3) is 4.30. The van der Waals surface area contributed by atoms with Gasteiger partial charge in [0.15, 0.2) is 17.0 Å². The molecule has 0 radical (unpaired) electrons. The van der Waals surface area contributed by atoms with Crippen LogP contribution in [0.5, 0.6) is 17.2 Å². The fraction of sp³-hybridized carbons (Fsp3) is 0.0870. The Bertz CT molecular complexity index is 1580. The fourth-order valence-electron chi connectivity index (χ4n) is 3.51. The minimum atomic E-state index is -5.14. The van der Waals surface area contributed by atoms with E-state index in [0.717, 1.165) is 31.6 Å². The molecular formula is C23H13F6N3O4. The maximum absolute atomic E-state index is 14.5. The first kappa shape index (κ1) is 24.6. The summed E-state index contributed by atoms with van der Waals surface area (Å²) in [6.45, 7) is 0. The molecule has 0 aliphatic rings. The Morgan fingerprint density at radius 1 is 1.03 bits per heavy atom. The molecule has 0 atom stereocenters. The van der Waals surface area contributed by atoms with Gasteiger partial charge in [0.2, 0.25) is 11.6 Å². The molecule has 1 amide bonds. The number of halogens is 6. The predicted octanol–water partition coefficient (Wildman–Crippen LogP) is 4.93. The van der Waals surface area contributed by atoms with Gasteiger partial charge >= 0.3 is 6.18 Å². The second-order valence-electron chi connectivity index (χ2n) is 7.34. The van der Waals surface area contributed by atoms with Crippen LogP contribution in [0.15, 0.2) is 47.5 Å². The van der Waals surface area contributed by atoms with Crippen LogP contribution in [0.3, 0.4) is 0 Å². The molecule has 0 unspecified atom stereocenters. The first-order valence-electron chi connectivity index (χ1n) is 9.84. The van der Waals surface area contributed by atoms with Crippen molar-refractivity contribution in [3.05, 3.63) is 81.5 Å². The van der Waals surface area contributed by atoms with Crippen molar-refractivity contribution in [1.82, 2.24) is 9.97 Å². The van der Waals surface area contributed by atoms with Crippen LogP contribution in [0.25, 0.3) is 22.2 Å². The number of amides is 1. The van der Waals surface area contributed by atoms with Crippen molar-refractivity contribution < 1.29 is 40.6 Å². The smallest absolute Gasteiger partial charge is 0.419 e. The molecule has 36 heavy (non-hydrogen) atoms. The number of carbonyl (C=O) groups is 1. The van der Waals surface area contributed by atoms with Crippen molar-refractivity contribution in [3.63, 3.8) is 0 Å². The lowest BCUT2D eigenvalue weighted by molar-refractivity contribution is -0.140. The standard InChI is InChI=1S/C23H13F6N3O4/c1-35-21-17(3-2-12(24)20(21)26)36-18-5-11(23(27,28)29)13(25)4-9(18)14-6-16(33)19-10(22(30)34)7-31-8-15(19)32-14/h2-8H,1H3,(H2,30,34)(H,32,33). The molecule has 0 saturated carbocycles. The van der Waals surface area contributed by atoms with Crippen LogP contribution >= 0.6 is 0 Å². The average molecular weight is 509 g/mol. The minimum absolute atomic E-state index is 0.0366. The molecule has 0 bridgehead atoms. The third-order valence-corrected chi connectivity index (χ3v) is 5.11. The van der Waals surface area contributed by atoms with Crippen LogP contribution in [0.1, 0.15) is 15.9 Å². The van der Waals surface area contributed by atoms with Gasteiger partial charge in [0.1, 0.15) is 11.6 Å². The normalized spacial score (nSPS) is 11.5. The summed E-state index contributed by atoms with van der Waals surface area (Å²) in [5, 5.41) is -0.154. The molecule has 186 valence electrons. The van der Waals surface area contributed by atoms with Gasteiger partial charge in [-0.1, -0.05) is 0 Å². The van der Waals surface area contributed by atoms with Gasteiger partial charge in [0.05, 0.1) is 41.0 Å². The SMILES string of the molecule is COc1c(Oc2cc(C(F)(F)F)c(F)cc2-c2cc(=O)c3c(C(N)=O)cncc3[nH]2)ccc(F)c1F. The van der Waals surface area contributed by atoms with Crippen molar-refractivity contribution in [2.45, 2.75) is 6.18 Å². The van der Waals surface area contributed by atoms with Crippen LogP contribution < -0.4 is 20.6 Å². The molecule has 0 fully saturated rings. The molecule has 0 spiro atoms. The topological polar surface area (TPSA) is 107 Å². The van der Waals surface area contributed by atoms with Crippen LogP contribution in [0, 0.1) is 17.5 Å². The molecule has 7 nitrogen and oxygen atoms in total. The lowest BCUT2D eigenvalue weighted by atomic mass is 10.0. The van der Waals surface area contributed by atoms with Gasteiger partial charge in [-0.15, -0.1) is 0 Å². The molecule has 4 rings (SSSR count). The third-order valence-electron chi connectivity index (χ3n) is 5.11. The first-order valence-corrected chi connectivity index (χ1v) is 9.84. The number of aromatic amines is 1. The predicted molar refractivity (Wildman–Crippen MR) is 114 cm³/mol. The number of carbonyl (C=O) groups excluding carboxylic acids is 1. The summed E-state index contributed by atoms with van der Waals surface area (Å²) in [4.78, 5) is 30.9. The molecule has 0 aliphatic carbocycles. The molecule has 2 aromatic carbocycles. The molecular weight excluding hydrogens is 496 g/mol. The summed E-state index contributed by atoms with van der Waals surface area (Å²) in [6, 6.07) is 3.17. The zero-order valence-electron chi connectivity index (χ0n) is 18.0. The number of rotatable bonds is 5. The molecule has 3 N–H and O–H groups in total. The van der Waals surface area contributed by atoms with E-state index in [4.69, 9.17) is 15.2 Å². The van der Waals surface area contributed by atoms with E-state index in [1.165, 1.54) is 0 Å². The number of H-pyrrole nitrogens is 1. The Morgan fingerprint density at radius 2 is 1.75 bits per heavy atom. The van der Waals surface area contributed by atoms with Crippen molar-refractivity contribution in [1.29, 1.82) is 0 Å². The maximum atomic E-state index is 14.5. The van der Waals surface area contributed by atoms with Crippen molar-refractivity contribution >= 4 is 16.8 Å². The fourth-order valence-corrected chi connectivity index (χ4v) is 3.51. The number of hydrogen-bond acceptors (Lipinski definition) is 5. The Hall–Kier alpha value is -4.55. The molecule has 2 aromatic heterocycles. The molecule has 2 heterocycles. The Morgan fingerprint density at radius 3 is 2.39 bits per heavy atom. The number of nitrogens with two attached hydrogens (primary N) is 1. The van der Waals surface area contributed by atoms with Gasteiger partial charge < -0.3 is 20.2 Å². The van der Waals surface area contributed by atoms with Crippen LogP contribution in [0.4, 0.5) is 26.3 Å². The number of methoxy groups -OCH3 is 1. The van der Waals surface area contributed by atoms with E-state index >= 15 is 0 Å². The van der Waals surface area contributed by atoms with Gasteiger partial charge in [-0.05, 0) is 24.3 Å². The Kier molecular flexibility index (Phi) is 6.08. The number of aromatic nitrogens is 2. The van der Waals surface area contributed by atoms with Crippen molar-refractivity contribution in [2.75, 3.05) is 7.11 Å². The number of nitrogens with one attached hydrogen (secondary N) is 1. The van der Waals surface area contributed by atoms with Gasteiger partial charge in [0.25, 0.3) is 5.91 Å². The highest BCUT2D eigenvalue weighted by molar-refractivity contribution is 6.05. The number of hydrogen-bond donors (Lipinski definition) is 2. The largest absolute Gasteiger partial charge is 0.490 e. The van der Waals surface area contributed by atoms with E-state index in [0.29, 0.717) is 18.2 Å². The summed E-state index contributed by atoms with van der Waals surface area (Å²) in [7, 11) is 0.974. The Balaban J connectivity index is 1.99. The number of fused-ring (bicyclic) bond motifs is 1. The molecule has 13 heteroatoms. The highest BCUT2D eigenvalue weighted by Crippen LogP contribution is 2.43. The summed E-state index contributed by atoms with van der Waals surface area (Å²) in [5.41, 5.74) is 1.87. The second-order valence-corrected chi connectivity index (χ2v) is 7.34. The van der Waals surface area contributed by atoms with Crippen molar-refractivity contribution in [2.24, 2.45) is 5.73 Å². The van der Waals surface area contributed by atoms with Crippen LogP contribution in [0.2, 0.25) is 0 Å². The highest BCUT2D eigenvalue weighted by Gasteiger charge is 2.36. The number of nitrogens with zero attached hydrogens (tertiary/aromatic N) is 1. The quantitative estimate of drug-likeness (QED) is 0.371. The summed E-state index contributed by atoms with van der Waals surface area (Å²) < 4.78 is 92.7. The van der Waals surface area contributed by atoms with Crippen molar-refractivity contribution in [3.8, 4) is 28.5 Å². The lowest BCUT2D eigenvalue weighted by Crippen LogP contribution is -2.16. The molecule has 0 aliphatic heterocycles. The van der Waals surface area contributed by atoms with Gasteiger partial charge in [0, 0.05) is 17.8 Å². The monoisotopic (exact) mass is 509 g/mol. The van der Waals surface area contributed by atoms with Crippen LogP contribution in [-0.2, 0) is 6.18 Å². The summed E-state index contributed by atoms with van der Waals surface area (Å²) in [6.07, 6.45) is -2.94. The number of pyridine rings is 2. The first-order chi connectivity index (χ1) is 16.9. The number of alkyl halides is 3. The molecule has 0 saturated heterocycles. The zero-order valence-corrected chi connectivity index (χ0v) is 18.0. The van der Waals surface area contributed by atoms with E-state index in [1.54, 1.807) is 0 Å². The van der Waals surface area contributed by atoms with Gasteiger partial charge in [-0.3, -0.25) is 14.6 Å². The van der Waals surface area contributed by atoms with Gasteiger partial charge in [-0.25, -0.2) is 8.78 Å². The molecule has 4 aromatic rings. The van der Waals surface area contributed by atoms with Gasteiger partial charge in [-0.2, -0.15) is 17.6 Å². The number of primary amides is 1. The van der Waals surface area contributed by atoms with E-state index in [-0.39, 0.29) is 22.2 Å². The highest BCUT2D eigenvalue weighted by atomic mass is 19.4. The van der Waals surface area contributed by atoms with Crippen LogP contribution in [-0.4, -0.2) is 23.0 Å². The average Bonchev–Trinajstić information content (AvgIpc) is 2.81. The van der Waals surface area contributed by atoms with E-state index < -0.39 is 63.3 Å². The zero-order chi connectivity index (χ0) is 26.4. The van der Waals surface area contributed by atoms with E-state index in [2.05, 4.69) is 9.97 Å². The van der Waals surface area contributed by atoms with E-state index in [1.807, 2.05) is 0 Å². The summed E-state index contributed by atoms with van der Waals surface area (Å²) >= 11 is 0. The minimum Gasteiger partial charge on any atom is -0.490 e. The number of ether oxygens (including phenoxy) is 2. The second kappa shape index (κ2) is 8.91. The maximum Gasteiger partial charge on any atom is 0.419 e. The van der Waals surface area contributed by atoms with E-state index in [9.17, 15) is 35.9 Å². The summed E-state index contributed by atoms with van der Waals surface area (Å²) in [5.74, 6) is -7.42. The number of benzene rings is 2. The lowest BCUT2D eigenvalue weighted by Gasteiger charge is -2.17. The Labute approximate surface area is 197 Å².